The summed E-state index contributed by atoms with van der Waals surface area (Å²) in [6.07, 6.45) is 1.67. The van der Waals surface area contributed by atoms with E-state index in [1.54, 1.807) is 7.05 Å². The quantitative estimate of drug-likeness (QED) is 0.591. The maximum absolute atomic E-state index is 11.7. The molecule has 0 radical (unpaired) electrons. The molecule has 7 nitrogen and oxygen atoms in total. The summed E-state index contributed by atoms with van der Waals surface area (Å²) in [7, 11) is -6.08. The Balaban J connectivity index is 3.09. The van der Waals surface area contributed by atoms with Crippen LogP contribution in [0.15, 0.2) is 10.3 Å². The molecule has 106 valence electrons. The Kier molecular flexibility index (Phi) is 5.21. The zero-order chi connectivity index (χ0) is 14.0. The van der Waals surface area contributed by atoms with Crippen LogP contribution in [0.5, 0.6) is 0 Å². The monoisotopic (exact) mass is 316 g/mol. The lowest BCUT2D eigenvalue weighted by atomic mass is 10.1. The van der Waals surface area contributed by atoms with Crippen molar-refractivity contribution in [1.29, 1.82) is 0 Å². The third-order valence-electron chi connectivity index (χ3n) is 2.52. The van der Waals surface area contributed by atoms with Crippen molar-refractivity contribution in [3.05, 3.63) is 10.3 Å². The molecule has 10 heteroatoms. The summed E-state index contributed by atoms with van der Waals surface area (Å²) in [6.45, 7) is 0. The molecular weight excluding hydrogens is 300 g/mol. The lowest BCUT2D eigenvalue weighted by molar-refractivity contribution is 0.222. The van der Waals surface area contributed by atoms with E-state index in [0.717, 1.165) is 0 Å². The Bertz CT molecular complexity index is 525. The van der Waals surface area contributed by atoms with Gasteiger partial charge in [-0.05, 0) is 13.5 Å². The molecule has 0 aromatic heterocycles. The van der Waals surface area contributed by atoms with Crippen LogP contribution in [0, 0.1) is 0 Å². The number of nitrogens with one attached hydrogen (secondary N) is 1. The van der Waals surface area contributed by atoms with Gasteiger partial charge in [0, 0.05) is 12.5 Å². The molecule has 1 aliphatic rings. The van der Waals surface area contributed by atoms with E-state index in [9.17, 15) is 21.9 Å². The molecule has 1 aliphatic heterocycles. The van der Waals surface area contributed by atoms with E-state index >= 15 is 0 Å². The van der Waals surface area contributed by atoms with Crippen LogP contribution in [-0.4, -0.2) is 45.6 Å². The van der Waals surface area contributed by atoms with Gasteiger partial charge in [-0.15, -0.1) is 0 Å². The zero-order valence-corrected chi connectivity index (χ0v) is 12.2. The number of primary sulfonamides is 1. The second-order valence-corrected chi connectivity index (χ2v) is 9.23. The number of nitrogens with two attached hydrogens (primary N) is 1. The number of sulfonamides is 1. The molecule has 0 aliphatic carbocycles. The average molecular weight is 316 g/mol. The van der Waals surface area contributed by atoms with E-state index in [1.165, 1.54) is 6.08 Å². The van der Waals surface area contributed by atoms with Crippen molar-refractivity contribution in [3.63, 3.8) is 0 Å². The molecule has 0 saturated heterocycles. The lowest BCUT2D eigenvalue weighted by Crippen LogP contribution is -2.33. The van der Waals surface area contributed by atoms with Gasteiger partial charge in [0.2, 0.25) is 10.0 Å². The van der Waals surface area contributed by atoms with Gasteiger partial charge in [-0.1, -0.05) is 17.8 Å². The molecule has 18 heavy (non-hydrogen) atoms. The van der Waals surface area contributed by atoms with E-state index in [0.29, 0.717) is 11.8 Å². The highest BCUT2D eigenvalue weighted by atomic mass is 32.3. The van der Waals surface area contributed by atoms with Gasteiger partial charge >= 0.3 is 0 Å². The number of hydrogen-bond donors (Lipinski definition) is 3. The summed E-state index contributed by atoms with van der Waals surface area (Å²) in [4.78, 5) is 0. The van der Waals surface area contributed by atoms with Crippen molar-refractivity contribution in [2.75, 3.05) is 12.1 Å². The predicted molar refractivity (Wildman–Crippen MR) is 70.7 cm³/mol. The van der Waals surface area contributed by atoms with Crippen molar-refractivity contribution < 1.29 is 21.9 Å². The van der Waals surface area contributed by atoms with Crippen molar-refractivity contribution in [2.45, 2.75) is 24.3 Å². The second kappa shape index (κ2) is 5.88. The number of sulfone groups is 1. The molecule has 2 atom stereocenters. The summed E-state index contributed by atoms with van der Waals surface area (Å²) in [5.41, 5.74) is -1.50. The maximum Gasteiger partial charge on any atom is 0.243 e. The van der Waals surface area contributed by atoms with E-state index in [-0.39, 0.29) is 23.1 Å². The first-order valence-corrected chi connectivity index (χ1v) is 9.34. The first-order valence-electron chi connectivity index (χ1n) is 5.09. The van der Waals surface area contributed by atoms with Gasteiger partial charge in [0.25, 0.3) is 0 Å². The standard InChI is InChI=1S/C8H16N2O5S3/c1-10-6-2-3-8(18(9,14)15)16-5-17(12,13)7(11)4-6/h3,6-7,10-11H,2,4-5H2,1H3,(H2,9,14,15). The van der Waals surface area contributed by atoms with E-state index in [2.05, 4.69) is 5.32 Å². The molecule has 0 fully saturated rings. The number of aliphatic hydroxyl groups is 1. The summed E-state index contributed by atoms with van der Waals surface area (Å²) in [6, 6.07) is -0.328. The Hall–Kier alpha value is -0.130. The molecule has 0 aromatic rings. The minimum Gasteiger partial charge on any atom is -0.377 e. The molecular formula is C8H16N2O5S3. The van der Waals surface area contributed by atoms with Crippen LogP contribution in [0.3, 0.4) is 0 Å². The SMILES string of the molecule is CNC1CC=C(S(N)(=O)=O)SCS(=O)(=O)C(O)C1. The molecule has 0 aromatic carbocycles. The molecule has 0 bridgehead atoms. The van der Waals surface area contributed by atoms with Gasteiger partial charge in [-0.2, -0.15) is 0 Å². The van der Waals surface area contributed by atoms with Crippen molar-refractivity contribution in [3.8, 4) is 0 Å². The summed E-state index contributed by atoms with van der Waals surface area (Å²) in [5.74, 6) is 0. The van der Waals surface area contributed by atoms with Crippen LogP contribution in [0.4, 0.5) is 0 Å². The number of aliphatic hydroxyl groups excluding tert-OH is 1. The minimum absolute atomic E-state index is 0.00773. The lowest BCUT2D eigenvalue weighted by Gasteiger charge is -2.17. The van der Waals surface area contributed by atoms with Gasteiger partial charge in [-0.25, -0.2) is 22.0 Å². The van der Waals surface area contributed by atoms with Gasteiger partial charge in [0.1, 0.15) is 9.32 Å². The Morgan fingerprint density at radius 2 is 2.17 bits per heavy atom. The number of thioether (sulfide) groups is 1. The van der Waals surface area contributed by atoms with Crippen LogP contribution in [0.25, 0.3) is 0 Å². The summed E-state index contributed by atoms with van der Waals surface area (Å²) in [5, 5.41) is 16.9. The molecule has 1 rings (SSSR count). The van der Waals surface area contributed by atoms with Gasteiger partial charge in [0.15, 0.2) is 15.3 Å². The van der Waals surface area contributed by atoms with E-state index in [1.807, 2.05) is 0 Å². The van der Waals surface area contributed by atoms with Crippen LogP contribution >= 0.6 is 11.8 Å². The van der Waals surface area contributed by atoms with Crippen LogP contribution in [0.1, 0.15) is 12.8 Å². The highest BCUT2D eigenvalue weighted by Gasteiger charge is 2.29. The van der Waals surface area contributed by atoms with Crippen LogP contribution < -0.4 is 10.5 Å². The maximum atomic E-state index is 11.7. The number of hydrogen-bond acceptors (Lipinski definition) is 7. The summed E-state index contributed by atoms with van der Waals surface area (Å²) >= 11 is 0.613. The van der Waals surface area contributed by atoms with Crippen molar-refractivity contribution in [1.82, 2.24) is 5.32 Å². The van der Waals surface area contributed by atoms with Crippen molar-refractivity contribution in [2.24, 2.45) is 5.14 Å². The first-order chi connectivity index (χ1) is 8.16. The summed E-state index contributed by atoms with van der Waals surface area (Å²) < 4.78 is 45.7. The Labute approximate surface area is 111 Å². The largest absolute Gasteiger partial charge is 0.377 e. The fourth-order valence-electron chi connectivity index (χ4n) is 1.44. The van der Waals surface area contributed by atoms with E-state index < -0.39 is 30.4 Å². The van der Waals surface area contributed by atoms with Gasteiger partial charge in [0.05, 0.1) is 0 Å². The number of rotatable bonds is 2. The smallest absolute Gasteiger partial charge is 0.243 e. The highest BCUT2D eigenvalue weighted by molar-refractivity contribution is 8.23. The molecule has 0 spiro atoms. The molecule has 2 unspecified atom stereocenters. The average Bonchev–Trinajstić information content (AvgIpc) is 2.28. The fraction of sp³-hybridized carbons (Fsp3) is 0.750. The molecule has 0 amide bonds. The Morgan fingerprint density at radius 1 is 1.56 bits per heavy atom. The topological polar surface area (TPSA) is 127 Å². The van der Waals surface area contributed by atoms with Crippen LogP contribution in [-0.2, 0) is 19.9 Å². The highest BCUT2D eigenvalue weighted by Crippen LogP contribution is 2.27. The Morgan fingerprint density at radius 3 is 2.67 bits per heavy atom. The fourth-order valence-corrected chi connectivity index (χ4v) is 5.34. The normalized spacial score (nSPS) is 29.8. The zero-order valence-electron chi connectivity index (χ0n) is 9.74. The first kappa shape index (κ1) is 15.9. The predicted octanol–water partition coefficient (Wildman–Crippen LogP) is -1.08. The van der Waals surface area contributed by atoms with Crippen LogP contribution in [0.2, 0.25) is 0 Å². The molecule has 0 saturated carbocycles. The van der Waals surface area contributed by atoms with Crippen molar-refractivity contribution >= 4 is 31.6 Å². The third-order valence-corrected chi connectivity index (χ3v) is 7.56. The van der Waals surface area contributed by atoms with Gasteiger partial charge < -0.3 is 10.4 Å². The van der Waals surface area contributed by atoms with E-state index in [4.69, 9.17) is 5.14 Å². The second-order valence-electron chi connectivity index (χ2n) is 3.90. The molecule has 4 N–H and O–H groups in total. The molecule has 1 heterocycles. The third kappa shape index (κ3) is 4.21. The minimum atomic E-state index is -3.93. The van der Waals surface area contributed by atoms with Gasteiger partial charge in [-0.3, -0.25) is 0 Å².